The summed E-state index contributed by atoms with van der Waals surface area (Å²) in [5.41, 5.74) is 3.48. The van der Waals surface area contributed by atoms with E-state index in [1.54, 1.807) is 36.5 Å². The normalized spacial score (nSPS) is 11.8. The van der Waals surface area contributed by atoms with Gasteiger partial charge < -0.3 is 14.0 Å². The molecular weight excluding hydrogens is 478 g/mol. The molecule has 5 rings (SSSR count). The zero-order valence-corrected chi connectivity index (χ0v) is 21.0. The molecule has 0 aliphatic rings. The van der Waals surface area contributed by atoms with Crippen molar-refractivity contribution in [3.05, 3.63) is 78.6 Å². The number of nitrogens with zero attached hydrogens (tertiary/aromatic N) is 3. The van der Waals surface area contributed by atoms with Gasteiger partial charge in [-0.05, 0) is 55.5 Å². The number of aromatic nitrogens is 3. The third-order valence-corrected chi connectivity index (χ3v) is 7.69. The SMILES string of the molecule is CC(=O)OCCOc1ccc2c(c1)c(-c1cc3cccnc3n1S(=O)(=O)c1ccc(C)cc1)cn2C. The molecule has 2 aromatic carbocycles. The zero-order chi connectivity index (χ0) is 25.4. The lowest BCUT2D eigenvalue weighted by molar-refractivity contribution is -0.141. The molecule has 0 aliphatic carbocycles. The van der Waals surface area contributed by atoms with Crippen LogP contribution in [-0.2, 0) is 26.6 Å². The standard InChI is InChI=1S/C27H25N3O5S/c1-18-6-9-22(10-7-18)36(32,33)30-26(15-20-5-4-12-28-27(20)30)24-17-29(3)25-11-8-21(16-23(24)25)35-14-13-34-19(2)31/h4-12,15-17H,13-14H2,1-3H3. The van der Waals surface area contributed by atoms with Gasteiger partial charge in [0.1, 0.15) is 19.0 Å². The highest BCUT2D eigenvalue weighted by Gasteiger charge is 2.26. The number of carbonyl (C=O) groups is 1. The third-order valence-electron chi connectivity index (χ3n) is 5.97. The van der Waals surface area contributed by atoms with E-state index in [9.17, 15) is 13.2 Å². The molecule has 5 aromatic rings. The van der Waals surface area contributed by atoms with Crippen LogP contribution in [-0.4, -0.2) is 41.1 Å². The van der Waals surface area contributed by atoms with Gasteiger partial charge in [0.05, 0.1) is 10.6 Å². The van der Waals surface area contributed by atoms with E-state index in [1.165, 1.54) is 10.9 Å². The van der Waals surface area contributed by atoms with Gasteiger partial charge in [0, 0.05) is 48.2 Å². The molecular formula is C27H25N3O5S. The Morgan fingerprint density at radius 3 is 2.56 bits per heavy atom. The number of ether oxygens (including phenoxy) is 2. The minimum Gasteiger partial charge on any atom is -0.490 e. The van der Waals surface area contributed by atoms with Crippen molar-refractivity contribution in [2.24, 2.45) is 7.05 Å². The zero-order valence-electron chi connectivity index (χ0n) is 20.1. The van der Waals surface area contributed by atoms with Gasteiger partial charge in [-0.2, -0.15) is 0 Å². The van der Waals surface area contributed by atoms with E-state index in [2.05, 4.69) is 4.98 Å². The van der Waals surface area contributed by atoms with Gasteiger partial charge in [-0.1, -0.05) is 17.7 Å². The molecule has 0 N–H and O–H groups in total. The summed E-state index contributed by atoms with van der Waals surface area (Å²) in [6, 6.07) is 17.9. The van der Waals surface area contributed by atoms with Gasteiger partial charge in [-0.25, -0.2) is 17.4 Å². The monoisotopic (exact) mass is 503 g/mol. The summed E-state index contributed by atoms with van der Waals surface area (Å²) in [5, 5.41) is 1.54. The Bertz CT molecular complexity index is 1700. The van der Waals surface area contributed by atoms with Crippen LogP contribution in [0.4, 0.5) is 0 Å². The number of carbonyl (C=O) groups excluding carboxylic acids is 1. The number of pyridine rings is 1. The maximum absolute atomic E-state index is 13.9. The van der Waals surface area contributed by atoms with Crippen molar-refractivity contribution in [1.82, 2.24) is 13.5 Å². The fraction of sp³-hybridized carbons (Fsp3) is 0.185. The Morgan fingerprint density at radius 2 is 1.81 bits per heavy atom. The van der Waals surface area contributed by atoms with Crippen molar-refractivity contribution in [2.45, 2.75) is 18.7 Å². The van der Waals surface area contributed by atoms with Crippen molar-refractivity contribution in [1.29, 1.82) is 0 Å². The minimum absolute atomic E-state index is 0.143. The molecule has 0 saturated heterocycles. The van der Waals surface area contributed by atoms with Gasteiger partial charge in [-0.3, -0.25) is 4.79 Å². The van der Waals surface area contributed by atoms with E-state index in [0.717, 1.165) is 22.0 Å². The van der Waals surface area contributed by atoms with Crippen molar-refractivity contribution in [2.75, 3.05) is 13.2 Å². The smallest absolute Gasteiger partial charge is 0.302 e. The summed E-state index contributed by atoms with van der Waals surface area (Å²) in [7, 11) is -2.04. The van der Waals surface area contributed by atoms with E-state index >= 15 is 0 Å². The molecule has 0 saturated carbocycles. The first-order valence-corrected chi connectivity index (χ1v) is 12.8. The molecule has 0 unspecified atom stereocenters. The van der Waals surface area contributed by atoms with Crippen LogP contribution < -0.4 is 4.74 Å². The molecule has 3 heterocycles. The van der Waals surface area contributed by atoms with Crippen LogP contribution >= 0.6 is 0 Å². The Hall–Kier alpha value is -4.11. The maximum atomic E-state index is 13.9. The molecule has 0 atom stereocenters. The summed E-state index contributed by atoms with van der Waals surface area (Å²) in [5.74, 6) is 0.222. The second kappa shape index (κ2) is 9.16. The summed E-state index contributed by atoms with van der Waals surface area (Å²) < 4.78 is 41.8. The molecule has 0 radical (unpaired) electrons. The molecule has 0 spiro atoms. The van der Waals surface area contributed by atoms with Crippen molar-refractivity contribution < 1.29 is 22.7 Å². The lowest BCUT2D eigenvalue weighted by Crippen LogP contribution is -2.14. The second-order valence-electron chi connectivity index (χ2n) is 8.55. The summed E-state index contributed by atoms with van der Waals surface area (Å²) in [6.45, 7) is 3.61. The van der Waals surface area contributed by atoms with Crippen LogP contribution in [0.5, 0.6) is 5.75 Å². The average Bonchev–Trinajstić information content (AvgIpc) is 3.40. The fourth-order valence-corrected chi connectivity index (χ4v) is 5.75. The van der Waals surface area contributed by atoms with Crippen LogP contribution in [0.3, 0.4) is 0 Å². The number of hydrogen-bond acceptors (Lipinski definition) is 6. The van der Waals surface area contributed by atoms with Gasteiger partial charge in [-0.15, -0.1) is 0 Å². The van der Waals surface area contributed by atoms with Crippen molar-refractivity contribution >= 4 is 37.9 Å². The summed E-state index contributed by atoms with van der Waals surface area (Å²) in [6.07, 6.45) is 3.49. The number of esters is 1. The van der Waals surface area contributed by atoms with Crippen molar-refractivity contribution in [3.8, 4) is 17.0 Å². The summed E-state index contributed by atoms with van der Waals surface area (Å²) in [4.78, 5) is 15.6. The van der Waals surface area contributed by atoms with E-state index < -0.39 is 10.0 Å². The third kappa shape index (κ3) is 4.22. The fourth-order valence-electron chi connectivity index (χ4n) is 4.27. The van der Waals surface area contributed by atoms with Crippen LogP contribution in [0, 0.1) is 6.92 Å². The first-order valence-electron chi connectivity index (χ1n) is 11.4. The Labute approximate surface area is 208 Å². The average molecular weight is 504 g/mol. The van der Waals surface area contributed by atoms with Gasteiger partial charge in [0.25, 0.3) is 10.0 Å². The van der Waals surface area contributed by atoms with Crippen LogP contribution in [0.15, 0.2) is 78.0 Å². The first-order chi connectivity index (χ1) is 17.3. The molecule has 0 fully saturated rings. The number of fused-ring (bicyclic) bond motifs is 2. The van der Waals surface area contributed by atoms with E-state index in [0.29, 0.717) is 22.5 Å². The van der Waals surface area contributed by atoms with Crippen molar-refractivity contribution in [3.63, 3.8) is 0 Å². The van der Waals surface area contributed by atoms with E-state index in [4.69, 9.17) is 9.47 Å². The lowest BCUT2D eigenvalue weighted by Gasteiger charge is -2.12. The topological polar surface area (TPSA) is 92.4 Å². The van der Waals surface area contributed by atoms with Crippen LogP contribution in [0.1, 0.15) is 12.5 Å². The highest BCUT2D eigenvalue weighted by atomic mass is 32.2. The minimum atomic E-state index is -3.95. The first kappa shape index (κ1) is 23.6. The highest BCUT2D eigenvalue weighted by molar-refractivity contribution is 7.90. The number of hydrogen-bond donors (Lipinski definition) is 0. The van der Waals surface area contributed by atoms with E-state index in [-0.39, 0.29) is 24.1 Å². The second-order valence-corrected chi connectivity index (χ2v) is 10.3. The van der Waals surface area contributed by atoms with Gasteiger partial charge in [0.15, 0.2) is 5.65 Å². The predicted molar refractivity (Wildman–Crippen MR) is 138 cm³/mol. The number of aryl methyl sites for hydroxylation is 2. The number of rotatable bonds is 7. The number of benzene rings is 2. The lowest BCUT2D eigenvalue weighted by atomic mass is 10.1. The molecule has 8 nitrogen and oxygen atoms in total. The molecule has 0 amide bonds. The molecule has 184 valence electrons. The van der Waals surface area contributed by atoms with Gasteiger partial charge in [0.2, 0.25) is 0 Å². The molecule has 9 heteroatoms. The quantitative estimate of drug-likeness (QED) is 0.237. The highest BCUT2D eigenvalue weighted by Crippen LogP contribution is 2.37. The van der Waals surface area contributed by atoms with Crippen LogP contribution in [0.2, 0.25) is 0 Å². The Kier molecular flexibility index (Phi) is 6.01. The largest absolute Gasteiger partial charge is 0.490 e. The summed E-state index contributed by atoms with van der Waals surface area (Å²) >= 11 is 0. The molecule has 0 bridgehead atoms. The Morgan fingerprint density at radius 1 is 1.03 bits per heavy atom. The molecule has 0 aliphatic heterocycles. The maximum Gasteiger partial charge on any atom is 0.302 e. The van der Waals surface area contributed by atoms with E-state index in [1.807, 2.05) is 55.1 Å². The molecule has 36 heavy (non-hydrogen) atoms. The Balaban J connectivity index is 1.67. The molecule has 3 aromatic heterocycles. The predicted octanol–water partition coefficient (Wildman–Crippen LogP) is 4.68. The van der Waals surface area contributed by atoms with Gasteiger partial charge >= 0.3 is 5.97 Å². The van der Waals surface area contributed by atoms with Crippen LogP contribution in [0.25, 0.3) is 33.2 Å².